The van der Waals surface area contributed by atoms with E-state index in [-0.39, 0.29) is 10.9 Å². The molecule has 31 heavy (non-hydrogen) atoms. The molecule has 9 nitrogen and oxygen atoms in total. The summed E-state index contributed by atoms with van der Waals surface area (Å²) >= 11 is 0. The van der Waals surface area contributed by atoms with Crippen LogP contribution in [0.15, 0.2) is 27.6 Å². The van der Waals surface area contributed by atoms with E-state index in [9.17, 15) is 8.42 Å². The SMILES string of the molecule is Cc1cc(Nc2nc(C)cc(C)n2)cc([C@H]2CCCN2S(=O)(=O)c2c(C)noc2C)n1. The molecule has 0 radical (unpaired) electrons. The van der Waals surface area contributed by atoms with E-state index in [1.807, 2.05) is 39.0 Å². The molecule has 1 atom stereocenters. The molecule has 0 spiro atoms. The Bertz CT molecular complexity index is 1200. The zero-order valence-corrected chi connectivity index (χ0v) is 19.1. The first-order chi connectivity index (χ1) is 14.6. The number of nitrogens with zero attached hydrogens (tertiary/aromatic N) is 5. The molecule has 1 aliphatic heterocycles. The van der Waals surface area contributed by atoms with Crippen LogP contribution in [0.2, 0.25) is 0 Å². The summed E-state index contributed by atoms with van der Waals surface area (Å²) in [5.41, 5.74) is 4.36. The first kappa shape index (κ1) is 21.4. The first-order valence-corrected chi connectivity index (χ1v) is 11.6. The van der Waals surface area contributed by atoms with Crippen LogP contribution in [0, 0.1) is 34.6 Å². The van der Waals surface area contributed by atoms with Gasteiger partial charge in [-0.2, -0.15) is 4.31 Å². The number of anilines is 2. The summed E-state index contributed by atoms with van der Waals surface area (Å²) in [5.74, 6) is 0.801. The van der Waals surface area contributed by atoms with Crippen LogP contribution in [0.5, 0.6) is 0 Å². The minimum atomic E-state index is -3.76. The molecular formula is C21H26N6O3S. The van der Waals surface area contributed by atoms with Crippen LogP contribution in [-0.4, -0.2) is 39.4 Å². The van der Waals surface area contributed by atoms with Crippen molar-refractivity contribution in [2.45, 2.75) is 58.4 Å². The van der Waals surface area contributed by atoms with Gasteiger partial charge in [0.2, 0.25) is 16.0 Å². The van der Waals surface area contributed by atoms with Crippen molar-refractivity contribution in [1.29, 1.82) is 0 Å². The maximum absolute atomic E-state index is 13.4. The van der Waals surface area contributed by atoms with Crippen molar-refractivity contribution >= 4 is 21.7 Å². The summed E-state index contributed by atoms with van der Waals surface area (Å²) in [5, 5.41) is 7.05. The molecule has 0 bridgehead atoms. The Morgan fingerprint density at radius 2 is 1.68 bits per heavy atom. The fourth-order valence-electron chi connectivity index (χ4n) is 4.13. The van der Waals surface area contributed by atoms with Gasteiger partial charge >= 0.3 is 0 Å². The molecule has 0 saturated carbocycles. The van der Waals surface area contributed by atoms with Crippen LogP contribution in [0.3, 0.4) is 0 Å². The Morgan fingerprint density at radius 3 is 2.32 bits per heavy atom. The van der Waals surface area contributed by atoms with Crippen molar-refractivity contribution < 1.29 is 12.9 Å². The third kappa shape index (κ3) is 4.17. The van der Waals surface area contributed by atoms with Gasteiger partial charge in [0, 0.05) is 29.3 Å². The van der Waals surface area contributed by atoms with Crippen molar-refractivity contribution in [3.05, 3.63) is 52.4 Å². The molecule has 0 amide bonds. The summed E-state index contributed by atoms with van der Waals surface area (Å²) in [4.78, 5) is 13.7. The molecule has 4 heterocycles. The number of aromatic nitrogens is 4. The van der Waals surface area contributed by atoms with E-state index in [1.165, 1.54) is 4.31 Å². The molecule has 0 unspecified atom stereocenters. The lowest BCUT2D eigenvalue weighted by molar-refractivity contribution is 0.381. The Hall–Kier alpha value is -2.85. The molecule has 3 aromatic rings. The van der Waals surface area contributed by atoms with E-state index >= 15 is 0 Å². The topological polar surface area (TPSA) is 114 Å². The van der Waals surface area contributed by atoms with Crippen LogP contribution in [0.4, 0.5) is 11.6 Å². The average Bonchev–Trinajstić information content (AvgIpc) is 3.28. The quantitative estimate of drug-likeness (QED) is 0.636. The van der Waals surface area contributed by atoms with Crippen molar-refractivity contribution in [3.63, 3.8) is 0 Å². The summed E-state index contributed by atoms with van der Waals surface area (Å²) in [6.07, 6.45) is 1.45. The highest BCUT2D eigenvalue weighted by Crippen LogP contribution is 2.38. The molecule has 0 aliphatic carbocycles. The zero-order valence-electron chi connectivity index (χ0n) is 18.3. The molecule has 1 saturated heterocycles. The predicted molar refractivity (Wildman–Crippen MR) is 116 cm³/mol. The van der Waals surface area contributed by atoms with Gasteiger partial charge in [-0.05, 0) is 65.7 Å². The maximum atomic E-state index is 13.4. The molecular weight excluding hydrogens is 416 g/mol. The number of hydrogen-bond acceptors (Lipinski definition) is 8. The van der Waals surface area contributed by atoms with Gasteiger partial charge in [-0.25, -0.2) is 18.4 Å². The van der Waals surface area contributed by atoms with E-state index in [4.69, 9.17) is 4.52 Å². The van der Waals surface area contributed by atoms with Crippen LogP contribution in [0.25, 0.3) is 0 Å². The van der Waals surface area contributed by atoms with E-state index in [0.717, 1.165) is 29.2 Å². The molecule has 1 aliphatic rings. The van der Waals surface area contributed by atoms with Gasteiger partial charge in [0.05, 0.1) is 11.7 Å². The number of pyridine rings is 1. The number of aryl methyl sites for hydroxylation is 5. The van der Waals surface area contributed by atoms with Crippen molar-refractivity contribution in [2.24, 2.45) is 0 Å². The Kier molecular flexibility index (Phi) is 5.52. The summed E-state index contributed by atoms with van der Waals surface area (Å²) in [6, 6.07) is 5.32. The fourth-order valence-corrected chi connectivity index (χ4v) is 6.10. The smallest absolute Gasteiger partial charge is 0.249 e. The molecule has 10 heteroatoms. The highest BCUT2D eigenvalue weighted by molar-refractivity contribution is 7.89. The van der Waals surface area contributed by atoms with Crippen LogP contribution in [0.1, 0.15) is 53.1 Å². The Balaban J connectivity index is 1.69. The lowest BCUT2D eigenvalue weighted by atomic mass is 10.1. The van der Waals surface area contributed by atoms with Crippen molar-refractivity contribution in [2.75, 3.05) is 11.9 Å². The molecule has 4 rings (SSSR count). The van der Waals surface area contributed by atoms with E-state index in [2.05, 4.69) is 25.4 Å². The molecule has 0 aromatic carbocycles. The van der Waals surface area contributed by atoms with Crippen molar-refractivity contribution in [3.8, 4) is 0 Å². The third-order valence-corrected chi connectivity index (χ3v) is 7.44. The summed E-state index contributed by atoms with van der Waals surface area (Å²) < 4.78 is 33.5. The normalized spacial score (nSPS) is 17.3. The summed E-state index contributed by atoms with van der Waals surface area (Å²) in [6.45, 7) is 9.41. The lowest BCUT2D eigenvalue weighted by Gasteiger charge is -2.24. The number of sulfonamides is 1. The van der Waals surface area contributed by atoms with Gasteiger partial charge in [-0.1, -0.05) is 5.16 Å². The Labute approximate surface area is 182 Å². The first-order valence-electron chi connectivity index (χ1n) is 10.2. The maximum Gasteiger partial charge on any atom is 0.249 e. The standard InChI is InChI=1S/C21H26N6O3S/c1-12-9-13(2)24-21(23-12)25-17-10-14(3)22-18(11-17)19-7-6-8-27(19)31(28,29)20-15(4)26-30-16(20)5/h9-11,19H,6-8H2,1-5H3,(H,22,23,24,25)/t19-/m1/s1. The van der Waals surface area contributed by atoms with Crippen molar-refractivity contribution in [1.82, 2.24) is 24.4 Å². The van der Waals surface area contributed by atoms with Crippen LogP contribution < -0.4 is 5.32 Å². The number of nitrogens with one attached hydrogen (secondary N) is 1. The van der Waals surface area contributed by atoms with Crippen LogP contribution in [-0.2, 0) is 10.0 Å². The number of rotatable bonds is 5. The highest BCUT2D eigenvalue weighted by atomic mass is 32.2. The summed E-state index contributed by atoms with van der Waals surface area (Å²) in [7, 11) is -3.76. The van der Waals surface area contributed by atoms with Gasteiger partial charge in [-0.15, -0.1) is 0 Å². The Morgan fingerprint density at radius 1 is 1.00 bits per heavy atom. The van der Waals surface area contributed by atoms with Gasteiger partial charge in [0.15, 0.2) is 5.76 Å². The minimum Gasteiger partial charge on any atom is -0.360 e. The fraction of sp³-hybridized carbons (Fsp3) is 0.429. The molecule has 164 valence electrons. The third-order valence-electron chi connectivity index (χ3n) is 5.29. The predicted octanol–water partition coefficient (Wildman–Crippen LogP) is 3.67. The van der Waals surface area contributed by atoms with E-state index < -0.39 is 10.0 Å². The van der Waals surface area contributed by atoms with E-state index in [0.29, 0.717) is 36.1 Å². The molecule has 1 N–H and O–H groups in total. The average molecular weight is 443 g/mol. The minimum absolute atomic E-state index is 0.147. The lowest BCUT2D eigenvalue weighted by Crippen LogP contribution is -2.31. The van der Waals surface area contributed by atoms with Gasteiger partial charge in [0.25, 0.3) is 0 Å². The van der Waals surface area contributed by atoms with Gasteiger partial charge in [-0.3, -0.25) is 4.98 Å². The second kappa shape index (κ2) is 8.01. The second-order valence-electron chi connectivity index (χ2n) is 7.95. The highest BCUT2D eigenvalue weighted by Gasteiger charge is 2.40. The zero-order chi connectivity index (χ0) is 22.3. The van der Waals surface area contributed by atoms with Gasteiger partial charge in [0.1, 0.15) is 10.6 Å². The largest absolute Gasteiger partial charge is 0.360 e. The molecule has 1 fully saturated rings. The molecule has 3 aromatic heterocycles. The monoisotopic (exact) mass is 442 g/mol. The number of hydrogen-bond donors (Lipinski definition) is 1. The van der Waals surface area contributed by atoms with Crippen LogP contribution >= 0.6 is 0 Å². The van der Waals surface area contributed by atoms with E-state index in [1.54, 1.807) is 13.8 Å². The second-order valence-corrected chi connectivity index (χ2v) is 9.78. The van der Waals surface area contributed by atoms with Gasteiger partial charge < -0.3 is 9.84 Å².